The van der Waals surface area contributed by atoms with Crippen molar-refractivity contribution in [2.75, 3.05) is 26.2 Å². The number of rotatable bonds is 3. The number of pyridine rings is 1. The molecule has 4 aliphatic heterocycles. The van der Waals surface area contributed by atoms with E-state index in [-0.39, 0.29) is 6.04 Å². The number of piperidine rings is 3. The molecule has 3 saturated heterocycles. The first-order valence-corrected chi connectivity index (χ1v) is 10.3. The molecule has 1 aromatic heterocycles. The van der Waals surface area contributed by atoms with Crippen LogP contribution in [0.1, 0.15) is 42.0 Å². The molecule has 140 valence electrons. The summed E-state index contributed by atoms with van der Waals surface area (Å²) in [7, 11) is 0. The molecule has 0 unspecified atom stereocenters. The molecule has 0 aliphatic carbocycles. The van der Waals surface area contributed by atoms with Crippen molar-refractivity contribution in [1.82, 2.24) is 14.8 Å². The van der Waals surface area contributed by atoms with Crippen molar-refractivity contribution in [3.05, 3.63) is 65.5 Å². The van der Waals surface area contributed by atoms with Crippen molar-refractivity contribution in [2.24, 2.45) is 11.8 Å². The van der Waals surface area contributed by atoms with E-state index in [0.717, 1.165) is 31.0 Å². The first-order valence-electron chi connectivity index (χ1n) is 10.3. The molecule has 1 amide bonds. The zero-order valence-electron chi connectivity index (χ0n) is 15.8. The standard InChI is InChI=1S/C23H27N3O/c27-22(14-20-16-25-11-7-17(20)8-12-25)26-13-9-18-4-1-2-6-21(18)23(26)19-5-3-10-24-15-19/h1-6,10,15,17,20,23H,7-9,11-14,16H2/t20-,23-/m1/s1. The van der Waals surface area contributed by atoms with Gasteiger partial charge in [0.2, 0.25) is 5.91 Å². The van der Waals surface area contributed by atoms with Gasteiger partial charge in [-0.3, -0.25) is 9.78 Å². The Kier molecular flexibility index (Phi) is 4.44. The van der Waals surface area contributed by atoms with Crippen molar-refractivity contribution in [3.8, 4) is 0 Å². The monoisotopic (exact) mass is 361 g/mol. The third-order valence-electron chi connectivity index (χ3n) is 6.83. The van der Waals surface area contributed by atoms with E-state index in [4.69, 9.17) is 0 Å². The van der Waals surface area contributed by atoms with Crippen molar-refractivity contribution >= 4 is 5.91 Å². The van der Waals surface area contributed by atoms with E-state index in [2.05, 4.69) is 45.1 Å². The summed E-state index contributed by atoms with van der Waals surface area (Å²) in [5.74, 6) is 1.59. The SMILES string of the molecule is O=C(C[C@@H]1CN2CCC1CC2)N1CCc2ccccc2[C@H]1c1cccnc1. The Morgan fingerprint density at radius 2 is 1.93 bits per heavy atom. The van der Waals surface area contributed by atoms with Gasteiger partial charge in [-0.25, -0.2) is 0 Å². The number of carbonyl (C=O) groups is 1. The van der Waals surface area contributed by atoms with Gasteiger partial charge in [-0.1, -0.05) is 30.3 Å². The van der Waals surface area contributed by atoms with E-state index in [9.17, 15) is 4.79 Å². The van der Waals surface area contributed by atoms with Crippen LogP contribution in [-0.2, 0) is 11.2 Å². The number of amides is 1. The van der Waals surface area contributed by atoms with Crippen LogP contribution in [0.15, 0.2) is 48.8 Å². The molecule has 5 heterocycles. The van der Waals surface area contributed by atoms with Gasteiger partial charge in [-0.15, -0.1) is 0 Å². The average molecular weight is 361 g/mol. The fourth-order valence-electron chi connectivity index (χ4n) is 5.39. The van der Waals surface area contributed by atoms with Crippen LogP contribution < -0.4 is 0 Å². The predicted octanol–water partition coefficient (Wildman–Crippen LogP) is 3.29. The third kappa shape index (κ3) is 3.16. The first kappa shape index (κ1) is 16.9. The molecule has 1 aromatic carbocycles. The van der Waals surface area contributed by atoms with Crippen molar-refractivity contribution in [3.63, 3.8) is 0 Å². The lowest BCUT2D eigenvalue weighted by Gasteiger charge is -2.46. The maximum atomic E-state index is 13.4. The van der Waals surface area contributed by atoms with E-state index in [1.54, 1.807) is 6.20 Å². The van der Waals surface area contributed by atoms with Gasteiger partial charge in [-0.2, -0.15) is 0 Å². The highest BCUT2D eigenvalue weighted by atomic mass is 16.2. The second-order valence-corrected chi connectivity index (χ2v) is 8.33. The Morgan fingerprint density at radius 1 is 1.07 bits per heavy atom. The molecule has 4 aliphatic rings. The van der Waals surface area contributed by atoms with Gasteiger partial charge >= 0.3 is 0 Å². The molecule has 4 nitrogen and oxygen atoms in total. The minimum atomic E-state index is -0.00256. The molecule has 2 atom stereocenters. The smallest absolute Gasteiger partial charge is 0.223 e. The summed E-state index contributed by atoms with van der Waals surface area (Å²) in [4.78, 5) is 22.4. The molecule has 0 saturated carbocycles. The largest absolute Gasteiger partial charge is 0.331 e. The molecule has 2 bridgehead atoms. The van der Waals surface area contributed by atoms with Crippen LogP contribution in [0.25, 0.3) is 0 Å². The third-order valence-corrected chi connectivity index (χ3v) is 6.83. The highest BCUT2D eigenvalue weighted by Crippen LogP contribution is 2.38. The lowest BCUT2D eigenvalue weighted by molar-refractivity contribution is -0.136. The van der Waals surface area contributed by atoms with Crippen LogP contribution in [0.3, 0.4) is 0 Å². The zero-order valence-corrected chi connectivity index (χ0v) is 15.8. The van der Waals surface area contributed by atoms with E-state index >= 15 is 0 Å². The summed E-state index contributed by atoms with van der Waals surface area (Å²) >= 11 is 0. The van der Waals surface area contributed by atoms with Crippen molar-refractivity contribution in [1.29, 1.82) is 0 Å². The van der Waals surface area contributed by atoms with Gasteiger partial charge in [0, 0.05) is 31.9 Å². The molecular formula is C23H27N3O. The Hall–Kier alpha value is -2.20. The minimum Gasteiger partial charge on any atom is -0.331 e. The lowest BCUT2D eigenvalue weighted by Crippen LogP contribution is -2.49. The molecule has 0 N–H and O–H groups in total. The summed E-state index contributed by atoms with van der Waals surface area (Å²) in [6, 6.07) is 12.6. The molecular weight excluding hydrogens is 334 g/mol. The van der Waals surface area contributed by atoms with Gasteiger partial charge in [0.05, 0.1) is 6.04 Å². The highest BCUT2D eigenvalue weighted by Gasteiger charge is 2.38. The summed E-state index contributed by atoms with van der Waals surface area (Å²) in [6.45, 7) is 4.37. The predicted molar refractivity (Wildman–Crippen MR) is 105 cm³/mol. The zero-order chi connectivity index (χ0) is 18.2. The van der Waals surface area contributed by atoms with E-state index in [0.29, 0.717) is 18.2 Å². The number of nitrogens with zero attached hydrogens (tertiary/aromatic N) is 3. The van der Waals surface area contributed by atoms with Crippen LogP contribution >= 0.6 is 0 Å². The second kappa shape index (κ2) is 7.08. The number of carbonyl (C=O) groups excluding carboxylic acids is 1. The van der Waals surface area contributed by atoms with Gasteiger partial charge in [-0.05, 0) is 66.9 Å². The Balaban J connectivity index is 1.43. The van der Waals surface area contributed by atoms with Gasteiger partial charge < -0.3 is 9.80 Å². The Morgan fingerprint density at radius 3 is 2.67 bits per heavy atom. The molecule has 0 radical (unpaired) electrons. The average Bonchev–Trinajstić information content (AvgIpc) is 2.74. The molecule has 2 aromatic rings. The fourth-order valence-corrected chi connectivity index (χ4v) is 5.39. The van der Waals surface area contributed by atoms with E-state index in [1.807, 2.05) is 12.3 Å². The summed E-state index contributed by atoms with van der Waals surface area (Å²) in [5, 5.41) is 0. The second-order valence-electron chi connectivity index (χ2n) is 8.33. The van der Waals surface area contributed by atoms with E-state index in [1.165, 1.54) is 37.1 Å². The van der Waals surface area contributed by atoms with Crippen molar-refractivity contribution < 1.29 is 4.79 Å². The van der Waals surface area contributed by atoms with Crippen LogP contribution in [0, 0.1) is 11.8 Å². The molecule has 0 spiro atoms. The summed E-state index contributed by atoms with van der Waals surface area (Å²) in [6.07, 6.45) is 7.90. The first-order chi connectivity index (χ1) is 13.3. The Labute approximate surface area is 161 Å². The molecule has 4 heteroatoms. The van der Waals surface area contributed by atoms with Gasteiger partial charge in [0.1, 0.15) is 0 Å². The van der Waals surface area contributed by atoms with Crippen LogP contribution in [0.2, 0.25) is 0 Å². The maximum absolute atomic E-state index is 13.4. The molecule has 3 fully saturated rings. The van der Waals surface area contributed by atoms with Gasteiger partial charge in [0.25, 0.3) is 0 Å². The highest BCUT2D eigenvalue weighted by molar-refractivity contribution is 5.78. The quantitative estimate of drug-likeness (QED) is 0.842. The summed E-state index contributed by atoms with van der Waals surface area (Å²) < 4.78 is 0. The number of hydrogen-bond donors (Lipinski definition) is 0. The van der Waals surface area contributed by atoms with Crippen LogP contribution in [0.5, 0.6) is 0 Å². The van der Waals surface area contributed by atoms with Crippen LogP contribution in [-0.4, -0.2) is 46.9 Å². The molecule has 6 rings (SSSR count). The number of aromatic nitrogens is 1. The number of fused-ring (bicyclic) bond motifs is 4. The maximum Gasteiger partial charge on any atom is 0.223 e. The van der Waals surface area contributed by atoms with Crippen molar-refractivity contribution in [2.45, 2.75) is 31.7 Å². The lowest BCUT2D eigenvalue weighted by atomic mass is 9.77. The van der Waals surface area contributed by atoms with E-state index < -0.39 is 0 Å². The minimum absolute atomic E-state index is 0.00256. The topological polar surface area (TPSA) is 36.4 Å². The summed E-state index contributed by atoms with van der Waals surface area (Å²) in [5.41, 5.74) is 3.74. The number of hydrogen-bond acceptors (Lipinski definition) is 3. The normalized spacial score (nSPS) is 29.4. The number of benzene rings is 1. The fraction of sp³-hybridized carbons (Fsp3) is 0.478. The van der Waals surface area contributed by atoms with Gasteiger partial charge in [0.15, 0.2) is 0 Å². The van der Waals surface area contributed by atoms with Crippen LogP contribution in [0.4, 0.5) is 0 Å². The molecule has 27 heavy (non-hydrogen) atoms. The Bertz CT molecular complexity index is 813.